The average Bonchev–Trinajstić information content (AvgIpc) is 2.87. The second kappa shape index (κ2) is 6.57. The van der Waals surface area contributed by atoms with Crippen LogP contribution in [0, 0.1) is 5.92 Å². The first-order valence-corrected chi connectivity index (χ1v) is 6.87. The fraction of sp³-hybridized carbons (Fsp3) is 0.533. The van der Waals surface area contributed by atoms with Crippen LogP contribution in [0.4, 0.5) is 0 Å². The molecule has 0 bridgehead atoms. The van der Waals surface area contributed by atoms with Crippen LogP contribution in [-0.2, 0) is 0 Å². The zero-order valence-corrected chi connectivity index (χ0v) is 11.3. The van der Waals surface area contributed by atoms with Crippen LogP contribution in [0.25, 0.3) is 0 Å². The van der Waals surface area contributed by atoms with Crippen LogP contribution >= 0.6 is 0 Å². The third-order valence-electron chi connectivity index (χ3n) is 3.72. The van der Waals surface area contributed by atoms with Crippen LogP contribution in [0.15, 0.2) is 24.3 Å². The number of aromatic carboxylic acids is 1. The molecule has 0 saturated carbocycles. The maximum atomic E-state index is 10.7. The number of benzene rings is 1. The minimum atomic E-state index is -0.908. The van der Waals surface area contributed by atoms with Crippen LogP contribution in [0.1, 0.15) is 30.1 Å². The molecule has 1 aromatic carbocycles. The largest absolute Gasteiger partial charge is 0.492 e. The molecular formula is C15H21NO3. The molecule has 4 heteroatoms. The number of likely N-dealkylation sites (tertiary alicyclic amines) is 1. The molecule has 0 spiro atoms. The van der Waals surface area contributed by atoms with Crippen molar-refractivity contribution in [2.45, 2.75) is 19.8 Å². The maximum absolute atomic E-state index is 10.7. The van der Waals surface area contributed by atoms with Gasteiger partial charge in [0.05, 0.1) is 5.56 Å². The number of hydrogen-bond acceptors (Lipinski definition) is 3. The predicted molar refractivity (Wildman–Crippen MR) is 73.7 cm³/mol. The lowest BCUT2D eigenvalue weighted by molar-refractivity contribution is 0.0697. The Morgan fingerprint density at radius 2 is 2.16 bits per heavy atom. The molecule has 1 fully saturated rings. The van der Waals surface area contributed by atoms with Gasteiger partial charge in [-0.1, -0.05) is 13.3 Å². The summed E-state index contributed by atoms with van der Waals surface area (Å²) < 4.78 is 5.64. The summed E-state index contributed by atoms with van der Waals surface area (Å²) >= 11 is 0. The number of nitrogens with zero attached hydrogens (tertiary/aromatic N) is 1. The molecule has 0 radical (unpaired) electrons. The van der Waals surface area contributed by atoms with Crippen LogP contribution in [0.3, 0.4) is 0 Å². The summed E-state index contributed by atoms with van der Waals surface area (Å²) in [4.78, 5) is 13.1. The molecule has 0 aromatic heterocycles. The Labute approximate surface area is 114 Å². The van der Waals surface area contributed by atoms with Gasteiger partial charge in [-0.15, -0.1) is 0 Å². The lowest BCUT2D eigenvalue weighted by Gasteiger charge is -2.16. The highest BCUT2D eigenvalue weighted by Gasteiger charge is 2.20. The van der Waals surface area contributed by atoms with E-state index >= 15 is 0 Å². The van der Waals surface area contributed by atoms with E-state index in [1.807, 2.05) is 0 Å². The molecular weight excluding hydrogens is 242 g/mol. The van der Waals surface area contributed by atoms with E-state index in [1.165, 1.54) is 25.9 Å². The fourth-order valence-corrected chi connectivity index (χ4v) is 2.44. The summed E-state index contributed by atoms with van der Waals surface area (Å²) in [6.45, 7) is 6.19. The molecule has 1 unspecified atom stereocenters. The monoisotopic (exact) mass is 263 g/mol. The van der Waals surface area contributed by atoms with E-state index in [9.17, 15) is 4.79 Å². The first kappa shape index (κ1) is 13.9. The van der Waals surface area contributed by atoms with Gasteiger partial charge in [0, 0.05) is 13.1 Å². The topological polar surface area (TPSA) is 49.8 Å². The Kier molecular flexibility index (Phi) is 4.80. The van der Waals surface area contributed by atoms with Crippen molar-refractivity contribution in [2.24, 2.45) is 5.92 Å². The first-order chi connectivity index (χ1) is 9.19. The molecule has 2 rings (SSSR count). The summed E-state index contributed by atoms with van der Waals surface area (Å²) in [5.41, 5.74) is 0.290. The third-order valence-corrected chi connectivity index (χ3v) is 3.72. The molecule has 1 atom stereocenters. The van der Waals surface area contributed by atoms with Gasteiger partial charge in [-0.3, -0.25) is 4.90 Å². The molecule has 0 aliphatic carbocycles. The van der Waals surface area contributed by atoms with Gasteiger partial charge < -0.3 is 9.84 Å². The van der Waals surface area contributed by atoms with Crippen molar-refractivity contribution >= 4 is 5.97 Å². The maximum Gasteiger partial charge on any atom is 0.335 e. The lowest BCUT2D eigenvalue weighted by Crippen LogP contribution is -2.26. The molecule has 1 heterocycles. The van der Waals surface area contributed by atoms with Crippen LogP contribution in [0.5, 0.6) is 5.75 Å². The van der Waals surface area contributed by atoms with Gasteiger partial charge in [0.15, 0.2) is 0 Å². The van der Waals surface area contributed by atoms with E-state index in [0.717, 1.165) is 18.2 Å². The molecule has 1 N–H and O–H groups in total. The van der Waals surface area contributed by atoms with E-state index in [2.05, 4.69) is 11.8 Å². The van der Waals surface area contributed by atoms with Gasteiger partial charge in [-0.25, -0.2) is 4.79 Å². The van der Waals surface area contributed by atoms with Gasteiger partial charge in [-0.05, 0) is 43.1 Å². The minimum absolute atomic E-state index is 0.290. The lowest BCUT2D eigenvalue weighted by atomic mass is 10.1. The summed E-state index contributed by atoms with van der Waals surface area (Å²) in [7, 11) is 0. The summed E-state index contributed by atoms with van der Waals surface area (Å²) in [6.07, 6.45) is 2.55. The number of carboxylic acids is 1. The van der Waals surface area contributed by atoms with Gasteiger partial charge in [0.25, 0.3) is 0 Å². The Balaban J connectivity index is 1.72. The van der Waals surface area contributed by atoms with E-state index in [1.54, 1.807) is 24.3 Å². The third kappa shape index (κ3) is 3.96. The van der Waals surface area contributed by atoms with E-state index in [4.69, 9.17) is 9.84 Å². The number of ether oxygens (including phenoxy) is 1. The number of carbonyl (C=O) groups is 1. The van der Waals surface area contributed by atoms with Gasteiger partial charge >= 0.3 is 5.97 Å². The number of hydrogen-bond donors (Lipinski definition) is 1. The molecule has 0 amide bonds. The Hall–Kier alpha value is -1.55. The second-order valence-corrected chi connectivity index (χ2v) is 5.04. The van der Waals surface area contributed by atoms with Crippen molar-refractivity contribution in [2.75, 3.05) is 26.2 Å². The number of carboxylic acid groups (broad SMARTS) is 1. The second-order valence-electron chi connectivity index (χ2n) is 5.04. The van der Waals surface area contributed by atoms with Gasteiger partial charge in [0.2, 0.25) is 0 Å². The van der Waals surface area contributed by atoms with Crippen molar-refractivity contribution in [3.05, 3.63) is 29.8 Å². The molecule has 104 valence electrons. The quantitative estimate of drug-likeness (QED) is 0.856. The van der Waals surface area contributed by atoms with Crippen molar-refractivity contribution in [1.82, 2.24) is 4.90 Å². The molecule has 1 aromatic rings. The zero-order chi connectivity index (χ0) is 13.7. The molecule has 4 nitrogen and oxygen atoms in total. The summed E-state index contributed by atoms with van der Waals surface area (Å²) in [5.74, 6) is 0.667. The van der Waals surface area contributed by atoms with Gasteiger partial charge in [0.1, 0.15) is 12.4 Å². The first-order valence-electron chi connectivity index (χ1n) is 6.87. The van der Waals surface area contributed by atoms with Crippen molar-refractivity contribution in [3.8, 4) is 5.75 Å². The fourth-order valence-electron chi connectivity index (χ4n) is 2.44. The Morgan fingerprint density at radius 1 is 1.42 bits per heavy atom. The average molecular weight is 263 g/mol. The summed E-state index contributed by atoms with van der Waals surface area (Å²) in [5, 5.41) is 8.80. The number of rotatable bonds is 6. The van der Waals surface area contributed by atoms with Gasteiger partial charge in [-0.2, -0.15) is 0 Å². The smallest absolute Gasteiger partial charge is 0.335 e. The highest BCUT2D eigenvalue weighted by atomic mass is 16.5. The highest BCUT2D eigenvalue weighted by Crippen LogP contribution is 2.18. The molecule has 19 heavy (non-hydrogen) atoms. The van der Waals surface area contributed by atoms with E-state index in [0.29, 0.717) is 6.61 Å². The minimum Gasteiger partial charge on any atom is -0.492 e. The SMILES string of the molecule is CCC1CCN(CCOc2ccc(C(=O)O)cc2)C1. The van der Waals surface area contributed by atoms with Crippen LogP contribution in [-0.4, -0.2) is 42.2 Å². The summed E-state index contributed by atoms with van der Waals surface area (Å²) in [6, 6.07) is 6.56. The molecule has 1 aliphatic rings. The highest BCUT2D eigenvalue weighted by molar-refractivity contribution is 5.87. The normalized spacial score (nSPS) is 19.5. The molecule has 1 saturated heterocycles. The zero-order valence-electron chi connectivity index (χ0n) is 11.3. The van der Waals surface area contributed by atoms with Crippen molar-refractivity contribution in [3.63, 3.8) is 0 Å². The standard InChI is InChI=1S/C15H21NO3/c1-2-12-7-8-16(11-12)9-10-19-14-5-3-13(4-6-14)15(17)18/h3-6,12H,2,7-11H2,1H3,(H,17,18). The van der Waals surface area contributed by atoms with Crippen molar-refractivity contribution in [1.29, 1.82) is 0 Å². The van der Waals surface area contributed by atoms with E-state index in [-0.39, 0.29) is 5.56 Å². The van der Waals surface area contributed by atoms with E-state index < -0.39 is 5.97 Å². The Morgan fingerprint density at radius 3 is 2.74 bits per heavy atom. The van der Waals surface area contributed by atoms with Crippen LogP contribution < -0.4 is 4.74 Å². The molecule has 1 aliphatic heterocycles. The van der Waals surface area contributed by atoms with Crippen molar-refractivity contribution < 1.29 is 14.6 Å². The Bertz CT molecular complexity index is 416. The predicted octanol–water partition coefficient (Wildman–Crippen LogP) is 2.50. The van der Waals surface area contributed by atoms with Crippen LogP contribution in [0.2, 0.25) is 0 Å².